The van der Waals surface area contributed by atoms with Crippen molar-refractivity contribution in [3.05, 3.63) is 5.15 Å². The van der Waals surface area contributed by atoms with Crippen molar-refractivity contribution in [2.75, 3.05) is 42.7 Å². The van der Waals surface area contributed by atoms with Gasteiger partial charge in [-0.3, -0.25) is 0 Å². The molecule has 6 nitrogen and oxygen atoms in total. The second kappa shape index (κ2) is 6.11. The summed E-state index contributed by atoms with van der Waals surface area (Å²) in [7, 11) is 0. The Morgan fingerprint density at radius 3 is 2.50 bits per heavy atom. The third kappa shape index (κ3) is 3.06. The van der Waals surface area contributed by atoms with Crippen LogP contribution in [-0.4, -0.2) is 42.4 Å². The highest BCUT2D eigenvalue weighted by Crippen LogP contribution is 2.51. The summed E-state index contributed by atoms with van der Waals surface area (Å²) >= 11 is 5.93. The van der Waals surface area contributed by atoms with E-state index in [0.717, 1.165) is 0 Å². The summed E-state index contributed by atoms with van der Waals surface area (Å²) in [6, 6.07) is 0. The molecule has 1 unspecified atom stereocenters. The number of alkyl halides is 3. The molecule has 0 amide bonds. The van der Waals surface area contributed by atoms with Gasteiger partial charge < -0.3 is 21.1 Å². The van der Waals surface area contributed by atoms with Gasteiger partial charge in [-0.25, -0.2) is 0 Å². The highest BCUT2D eigenvalue weighted by atomic mass is 35.5. The number of nitrogens with two attached hydrogens (primary N) is 2. The van der Waals surface area contributed by atoms with Crippen molar-refractivity contribution < 1.29 is 17.9 Å². The predicted molar refractivity (Wildman–Crippen MR) is 84.7 cm³/mol. The summed E-state index contributed by atoms with van der Waals surface area (Å²) in [5.41, 5.74) is 10.8. The maximum Gasteiger partial charge on any atom is 0.392 e. The Morgan fingerprint density at radius 1 is 1.21 bits per heavy atom. The van der Waals surface area contributed by atoms with E-state index < -0.39 is 17.5 Å². The Kier molecular flexibility index (Phi) is 4.41. The van der Waals surface area contributed by atoms with Gasteiger partial charge in [-0.15, -0.1) is 0 Å². The minimum Gasteiger partial charge on any atom is -0.393 e. The van der Waals surface area contributed by atoms with Crippen LogP contribution < -0.4 is 16.4 Å². The van der Waals surface area contributed by atoms with Crippen molar-refractivity contribution in [2.24, 2.45) is 11.3 Å². The van der Waals surface area contributed by atoms with Crippen LogP contribution in [0.15, 0.2) is 0 Å². The van der Waals surface area contributed by atoms with E-state index in [0.29, 0.717) is 31.9 Å². The van der Waals surface area contributed by atoms with Crippen molar-refractivity contribution >= 4 is 29.1 Å². The number of piperidine rings is 1. The first-order valence-corrected chi connectivity index (χ1v) is 8.09. The monoisotopic (exact) mass is 365 g/mol. The first-order chi connectivity index (χ1) is 11.2. The van der Waals surface area contributed by atoms with Crippen LogP contribution in [0, 0.1) is 11.3 Å². The number of nitrogen functional groups attached to an aromatic ring is 2. The first kappa shape index (κ1) is 17.3. The fraction of sp³-hybridized carbons (Fsp3) is 0.714. The molecule has 0 aromatic carbocycles. The lowest BCUT2D eigenvalue weighted by Crippen LogP contribution is -2.56. The molecule has 0 aliphatic carbocycles. The van der Waals surface area contributed by atoms with E-state index in [2.05, 4.69) is 9.97 Å². The largest absolute Gasteiger partial charge is 0.393 e. The standard InChI is InChI=1S/C14H19ClF3N5O/c15-10-9(19)11(22-12(20)21-10)23-4-1-8(14(16,17)18)13(7-23)2-5-24-6-3-13/h8H,1-7,19H2,(H2,20,21,22). The Morgan fingerprint density at radius 2 is 1.88 bits per heavy atom. The van der Waals surface area contributed by atoms with Crippen molar-refractivity contribution in [3.8, 4) is 0 Å². The quantitative estimate of drug-likeness (QED) is 0.743. The second-order valence-corrected chi connectivity index (χ2v) is 6.75. The average molecular weight is 366 g/mol. The summed E-state index contributed by atoms with van der Waals surface area (Å²) in [6.45, 7) is 1.02. The fourth-order valence-corrected chi connectivity index (χ4v) is 4.00. The molecule has 4 N–H and O–H groups in total. The topological polar surface area (TPSA) is 90.3 Å². The minimum absolute atomic E-state index is 0.0106. The van der Waals surface area contributed by atoms with Crippen LogP contribution in [0.3, 0.4) is 0 Å². The van der Waals surface area contributed by atoms with Gasteiger partial charge in [0, 0.05) is 31.7 Å². The molecule has 2 saturated heterocycles. The fourth-order valence-electron chi connectivity index (χ4n) is 3.82. The molecule has 3 heterocycles. The summed E-state index contributed by atoms with van der Waals surface area (Å²) in [5.74, 6) is -1.11. The molecule has 1 spiro atoms. The first-order valence-electron chi connectivity index (χ1n) is 7.71. The van der Waals surface area contributed by atoms with Crippen LogP contribution in [0.1, 0.15) is 19.3 Å². The molecule has 0 bridgehead atoms. The van der Waals surface area contributed by atoms with Crippen LogP contribution in [0.2, 0.25) is 5.15 Å². The predicted octanol–water partition coefficient (Wildman–Crippen LogP) is 2.48. The molecule has 0 saturated carbocycles. The lowest BCUT2D eigenvalue weighted by molar-refractivity contribution is -0.223. The Labute approximate surface area is 142 Å². The maximum absolute atomic E-state index is 13.6. The summed E-state index contributed by atoms with van der Waals surface area (Å²) in [6.07, 6.45) is -3.56. The molecule has 10 heteroatoms. The zero-order chi connectivity index (χ0) is 17.5. The molecular weight excluding hydrogens is 347 g/mol. The van der Waals surface area contributed by atoms with E-state index in [1.54, 1.807) is 4.90 Å². The Hall–Kier alpha value is -1.48. The third-order valence-corrected chi connectivity index (χ3v) is 5.30. The second-order valence-electron chi connectivity index (χ2n) is 6.39. The van der Waals surface area contributed by atoms with Crippen LogP contribution in [0.5, 0.6) is 0 Å². The van der Waals surface area contributed by atoms with E-state index in [1.807, 2.05) is 0 Å². The van der Waals surface area contributed by atoms with E-state index >= 15 is 0 Å². The molecule has 1 aromatic rings. The van der Waals surface area contributed by atoms with Gasteiger partial charge in [0.25, 0.3) is 0 Å². The number of nitrogens with zero attached hydrogens (tertiary/aromatic N) is 3. The SMILES string of the molecule is Nc1nc(Cl)c(N)c(N2CCC(C(F)(F)F)C3(CCOCC3)C2)n1. The van der Waals surface area contributed by atoms with Crippen molar-refractivity contribution in [3.63, 3.8) is 0 Å². The van der Waals surface area contributed by atoms with Crippen molar-refractivity contribution in [1.82, 2.24) is 9.97 Å². The lowest BCUT2D eigenvalue weighted by atomic mass is 9.65. The number of anilines is 3. The van der Waals surface area contributed by atoms with Crippen LogP contribution in [-0.2, 0) is 4.74 Å². The van der Waals surface area contributed by atoms with Gasteiger partial charge in [-0.1, -0.05) is 11.6 Å². The van der Waals surface area contributed by atoms with Crippen molar-refractivity contribution in [1.29, 1.82) is 0 Å². The normalized spacial score (nSPS) is 24.3. The van der Waals surface area contributed by atoms with Crippen molar-refractivity contribution in [2.45, 2.75) is 25.4 Å². The molecule has 2 fully saturated rings. The number of halogens is 4. The van der Waals surface area contributed by atoms with E-state index in [9.17, 15) is 13.2 Å². The molecule has 1 atom stereocenters. The van der Waals surface area contributed by atoms with Gasteiger partial charge in [0.2, 0.25) is 5.95 Å². The van der Waals surface area contributed by atoms with E-state index in [-0.39, 0.29) is 36.3 Å². The summed E-state index contributed by atoms with van der Waals surface area (Å²) in [4.78, 5) is 9.60. The number of aromatic nitrogens is 2. The minimum atomic E-state index is -4.24. The van der Waals surface area contributed by atoms with Gasteiger partial charge in [-0.2, -0.15) is 23.1 Å². The van der Waals surface area contributed by atoms with Gasteiger partial charge >= 0.3 is 6.18 Å². The Bertz CT molecular complexity index is 621. The van der Waals surface area contributed by atoms with E-state index in [4.69, 9.17) is 27.8 Å². The summed E-state index contributed by atoms with van der Waals surface area (Å²) < 4.78 is 46.0. The Balaban J connectivity index is 1.94. The van der Waals surface area contributed by atoms with E-state index in [1.165, 1.54) is 0 Å². The molecule has 1 aromatic heterocycles. The van der Waals surface area contributed by atoms with Gasteiger partial charge in [-0.05, 0) is 19.3 Å². The zero-order valence-corrected chi connectivity index (χ0v) is 13.7. The average Bonchev–Trinajstić information content (AvgIpc) is 2.50. The van der Waals surface area contributed by atoms with Gasteiger partial charge in [0.05, 0.1) is 5.92 Å². The summed E-state index contributed by atoms with van der Waals surface area (Å²) in [5, 5.41) is 0.0106. The molecule has 134 valence electrons. The molecule has 3 rings (SSSR count). The van der Waals surface area contributed by atoms with Crippen LogP contribution in [0.4, 0.5) is 30.6 Å². The molecule has 2 aliphatic heterocycles. The van der Waals surface area contributed by atoms with Crippen LogP contribution >= 0.6 is 11.6 Å². The highest BCUT2D eigenvalue weighted by Gasteiger charge is 2.56. The maximum atomic E-state index is 13.6. The molecule has 0 radical (unpaired) electrons. The number of rotatable bonds is 1. The van der Waals surface area contributed by atoms with Gasteiger partial charge in [0.15, 0.2) is 11.0 Å². The third-order valence-electron chi connectivity index (χ3n) is 5.01. The molecule has 24 heavy (non-hydrogen) atoms. The lowest BCUT2D eigenvalue weighted by Gasteiger charge is -2.51. The molecule has 2 aliphatic rings. The van der Waals surface area contributed by atoms with Crippen LogP contribution in [0.25, 0.3) is 0 Å². The molecular formula is C14H19ClF3N5O. The highest BCUT2D eigenvalue weighted by molar-refractivity contribution is 6.32. The zero-order valence-electron chi connectivity index (χ0n) is 12.9. The number of ether oxygens (including phenoxy) is 1. The number of hydrogen-bond acceptors (Lipinski definition) is 6. The smallest absolute Gasteiger partial charge is 0.392 e. The number of hydrogen-bond donors (Lipinski definition) is 2. The van der Waals surface area contributed by atoms with Gasteiger partial charge in [0.1, 0.15) is 5.69 Å².